The molecule has 0 saturated heterocycles. The van der Waals surface area contributed by atoms with Crippen LogP contribution >= 0.6 is 0 Å². The van der Waals surface area contributed by atoms with E-state index in [0.29, 0.717) is 0 Å². The van der Waals surface area contributed by atoms with Crippen LogP contribution in [0, 0.1) is 19.3 Å². The molecule has 1 aromatic heterocycles. The van der Waals surface area contributed by atoms with E-state index in [4.69, 9.17) is 0 Å². The number of carboxylic acid groups (broad SMARTS) is 1. The highest BCUT2D eigenvalue weighted by Crippen LogP contribution is 2.30. The number of aromatic amines is 1. The van der Waals surface area contributed by atoms with E-state index in [0.717, 1.165) is 17.0 Å². The predicted molar refractivity (Wildman–Crippen MR) is 75.4 cm³/mol. The van der Waals surface area contributed by atoms with E-state index in [1.165, 1.54) is 0 Å². The van der Waals surface area contributed by atoms with Crippen LogP contribution in [0.4, 0.5) is 0 Å². The Bertz CT molecular complexity index is 510. The van der Waals surface area contributed by atoms with Crippen LogP contribution in [0.5, 0.6) is 0 Å². The summed E-state index contributed by atoms with van der Waals surface area (Å²) in [6.07, 6.45) is 0.188. The van der Waals surface area contributed by atoms with Gasteiger partial charge >= 0.3 is 5.97 Å². The van der Waals surface area contributed by atoms with E-state index in [9.17, 15) is 14.7 Å². The number of aromatic nitrogens is 2. The molecule has 1 heterocycles. The minimum atomic E-state index is -1.07. The lowest BCUT2D eigenvalue weighted by molar-refractivity contribution is -0.151. The highest BCUT2D eigenvalue weighted by Gasteiger charge is 2.44. The molecule has 0 unspecified atom stereocenters. The van der Waals surface area contributed by atoms with Gasteiger partial charge in [-0.15, -0.1) is 0 Å². The fraction of sp³-hybridized carbons (Fsp3) is 0.643. The molecule has 1 aromatic rings. The summed E-state index contributed by atoms with van der Waals surface area (Å²) in [5.74, 6) is -1.16. The second-order valence-corrected chi connectivity index (χ2v) is 6.19. The Balaban J connectivity index is 2.83. The lowest BCUT2D eigenvalue weighted by Crippen LogP contribution is -2.57. The second kappa shape index (κ2) is 5.26. The number of hydrogen-bond donors (Lipinski definition) is 3. The molecule has 1 rings (SSSR count). The summed E-state index contributed by atoms with van der Waals surface area (Å²) in [6, 6.07) is 0. The van der Waals surface area contributed by atoms with Crippen molar-refractivity contribution in [2.45, 2.75) is 53.5 Å². The van der Waals surface area contributed by atoms with Crippen LogP contribution in [0.3, 0.4) is 0 Å². The zero-order chi connectivity index (χ0) is 15.7. The van der Waals surface area contributed by atoms with Crippen molar-refractivity contribution in [3.05, 3.63) is 17.0 Å². The molecule has 0 aliphatic rings. The summed E-state index contributed by atoms with van der Waals surface area (Å²) in [5, 5.41) is 19.0. The van der Waals surface area contributed by atoms with Gasteiger partial charge in [-0.05, 0) is 41.5 Å². The Labute approximate surface area is 119 Å². The lowest BCUT2D eigenvalue weighted by Gasteiger charge is -2.38. The molecule has 1 amide bonds. The largest absolute Gasteiger partial charge is 0.481 e. The number of aliphatic carboxylic acids is 1. The molecule has 0 fully saturated rings. The number of H-pyrrole nitrogens is 1. The molecule has 0 radical (unpaired) electrons. The molecule has 0 aromatic carbocycles. The highest BCUT2D eigenvalue weighted by atomic mass is 16.4. The highest BCUT2D eigenvalue weighted by molar-refractivity contribution is 5.82. The number of nitrogens with zero attached hydrogens (tertiary/aromatic N) is 1. The van der Waals surface area contributed by atoms with Gasteiger partial charge in [-0.2, -0.15) is 5.10 Å². The number of amides is 1. The zero-order valence-electron chi connectivity index (χ0n) is 12.9. The van der Waals surface area contributed by atoms with E-state index in [-0.39, 0.29) is 12.3 Å². The number of hydrogen-bond acceptors (Lipinski definition) is 3. The van der Waals surface area contributed by atoms with Gasteiger partial charge in [0.2, 0.25) is 5.91 Å². The van der Waals surface area contributed by atoms with Crippen molar-refractivity contribution in [1.29, 1.82) is 0 Å². The van der Waals surface area contributed by atoms with Gasteiger partial charge in [0, 0.05) is 16.8 Å². The molecule has 0 saturated carbocycles. The summed E-state index contributed by atoms with van der Waals surface area (Å²) >= 11 is 0. The van der Waals surface area contributed by atoms with Gasteiger partial charge in [0.05, 0.1) is 17.5 Å². The SMILES string of the molecule is Cc1n[nH]c(C)c1CC(=O)NC(C)(C)C(C)(C)C(=O)O. The predicted octanol–water partition coefficient (Wildman–Crippen LogP) is 1.57. The number of aryl methyl sites for hydroxylation is 2. The average Bonchev–Trinajstić information content (AvgIpc) is 2.59. The number of nitrogens with one attached hydrogen (secondary N) is 2. The summed E-state index contributed by atoms with van der Waals surface area (Å²) in [7, 11) is 0. The van der Waals surface area contributed by atoms with Gasteiger partial charge in [0.1, 0.15) is 0 Å². The molecule has 20 heavy (non-hydrogen) atoms. The summed E-state index contributed by atoms with van der Waals surface area (Å²) in [5.41, 5.74) is 0.567. The van der Waals surface area contributed by atoms with Crippen LogP contribution in [0.15, 0.2) is 0 Å². The van der Waals surface area contributed by atoms with Crippen molar-refractivity contribution in [1.82, 2.24) is 15.5 Å². The van der Waals surface area contributed by atoms with Gasteiger partial charge in [0.25, 0.3) is 0 Å². The first-order valence-corrected chi connectivity index (χ1v) is 6.54. The fourth-order valence-electron chi connectivity index (χ4n) is 1.81. The van der Waals surface area contributed by atoms with E-state index < -0.39 is 16.9 Å². The molecule has 6 nitrogen and oxygen atoms in total. The Kier molecular flexibility index (Phi) is 4.27. The normalized spacial score (nSPS) is 12.3. The van der Waals surface area contributed by atoms with Gasteiger partial charge in [-0.25, -0.2) is 0 Å². The van der Waals surface area contributed by atoms with Crippen molar-refractivity contribution in [2.75, 3.05) is 0 Å². The van der Waals surface area contributed by atoms with Gasteiger partial charge in [-0.3, -0.25) is 14.7 Å². The second-order valence-electron chi connectivity index (χ2n) is 6.19. The maximum Gasteiger partial charge on any atom is 0.311 e. The van der Waals surface area contributed by atoms with Crippen LogP contribution in [0.25, 0.3) is 0 Å². The third-order valence-electron chi connectivity index (χ3n) is 4.17. The number of carbonyl (C=O) groups is 2. The maximum absolute atomic E-state index is 12.2. The monoisotopic (exact) mass is 281 g/mol. The van der Waals surface area contributed by atoms with E-state index in [2.05, 4.69) is 15.5 Å². The van der Waals surface area contributed by atoms with Crippen LogP contribution in [0.2, 0.25) is 0 Å². The molecule has 0 aliphatic carbocycles. The Hall–Kier alpha value is -1.85. The van der Waals surface area contributed by atoms with Crippen molar-refractivity contribution in [3.63, 3.8) is 0 Å². The Morgan fingerprint density at radius 1 is 1.25 bits per heavy atom. The first kappa shape index (κ1) is 16.2. The smallest absolute Gasteiger partial charge is 0.311 e. The van der Waals surface area contributed by atoms with Crippen molar-refractivity contribution >= 4 is 11.9 Å². The van der Waals surface area contributed by atoms with Crippen molar-refractivity contribution in [3.8, 4) is 0 Å². The Morgan fingerprint density at radius 3 is 2.20 bits per heavy atom. The summed E-state index contributed by atoms with van der Waals surface area (Å²) in [4.78, 5) is 23.5. The minimum Gasteiger partial charge on any atom is -0.481 e. The topological polar surface area (TPSA) is 95.1 Å². The number of carbonyl (C=O) groups excluding carboxylic acids is 1. The molecule has 0 spiro atoms. The van der Waals surface area contributed by atoms with Crippen LogP contribution in [0.1, 0.15) is 44.6 Å². The van der Waals surface area contributed by atoms with E-state index >= 15 is 0 Å². The van der Waals surface area contributed by atoms with Crippen LogP contribution in [-0.2, 0) is 16.0 Å². The van der Waals surface area contributed by atoms with Crippen molar-refractivity contribution < 1.29 is 14.7 Å². The molecule has 112 valence electrons. The molecule has 0 bridgehead atoms. The molecular formula is C14H23N3O3. The minimum absolute atomic E-state index is 0.188. The molecule has 6 heteroatoms. The zero-order valence-corrected chi connectivity index (χ0v) is 12.9. The fourth-order valence-corrected chi connectivity index (χ4v) is 1.81. The third kappa shape index (κ3) is 3.00. The Morgan fingerprint density at radius 2 is 1.80 bits per heavy atom. The summed E-state index contributed by atoms with van der Waals surface area (Å²) < 4.78 is 0. The van der Waals surface area contributed by atoms with E-state index in [1.807, 2.05) is 13.8 Å². The summed E-state index contributed by atoms with van der Waals surface area (Å²) in [6.45, 7) is 10.3. The first-order valence-electron chi connectivity index (χ1n) is 6.54. The first-order chi connectivity index (χ1) is 8.99. The quantitative estimate of drug-likeness (QED) is 0.763. The van der Waals surface area contributed by atoms with Crippen LogP contribution in [-0.4, -0.2) is 32.7 Å². The third-order valence-corrected chi connectivity index (χ3v) is 4.17. The molecule has 0 atom stereocenters. The van der Waals surface area contributed by atoms with Gasteiger partial charge in [0.15, 0.2) is 0 Å². The molecule has 3 N–H and O–H groups in total. The standard InChI is InChI=1S/C14H23N3O3/c1-8-10(9(2)17-16-8)7-11(18)15-14(5,6)13(3,4)12(19)20/h7H2,1-6H3,(H,15,18)(H,16,17)(H,19,20). The maximum atomic E-state index is 12.2. The van der Waals surface area contributed by atoms with Crippen molar-refractivity contribution in [2.24, 2.45) is 5.41 Å². The average molecular weight is 281 g/mol. The number of rotatable bonds is 5. The molecular weight excluding hydrogens is 258 g/mol. The van der Waals surface area contributed by atoms with Gasteiger partial charge < -0.3 is 10.4 Å². The van der Waals surface area contributed by atoms with Crippen LogP contribution < -0.4 is 5.32 Å². The van der Waals surface area contributed by atoms with E-state index in [1.54, 1.807) is 27.7 Å². The van der Waals surface area contributed by atoms with Gasteiger partial charge in [-0.1, -0.05) is 0 Å². The number of carboxylic acids is 1. The molecule has 0 aliphatic heterocycles. The lowest BCUT2D eigenvalue weighted by atomic mass is 9.74.